The van der Waals surface area contributed by atoms with Crippen molar-refractivity contribution >= 4 is 17.5 Å². The van der Waals surface area contributed by atoms with Gasteiger partial charge < -0.3 is 0 Å². The van der Waals surface area contributed by atoms with Gasteiger partial charge in [-0.3, -0.25) is 14.8 Å². The predicted octanol–water partition coefficient (Wildman–Crippen LogP) is 0.614. The summed E-state index contributed by atoms with van der Waals surface area (Å²) in [7, 11) is 0. The minimum atomic E-state index is -0.440. The molecule has 0 aliphatic carbocycles. The summed E-state index contributed by atoms with van der Waals surface area (Å²) in [5, 5.41) is 8.63. The third-order valence-electron chi connectivity index (χ3n) is 3.61. The summed E-state index contributed by atoms with van der Waals surface area (Å²) in [4.78, 5) is 16.1. The van der Waals surface area contributed by atoms with Gasteiger partial charge in [0.15, 0.2) is 5.69 Å². The Morgan fingerprint density at radius 2 is 2.23 bits per heavy atom. The second kappa shape index (κ2) is 4.65. The Bertz CT molecular complexity index is 898. The lowest BCUT2D eigenvalue weighted by atomic mass is 10.2. The lowest BCUT2D eigenvalue weighted by Crippen LogP contribution is -2.31. The Kier molecular flexibility index (Phi) is 2.75. The van der Waals surface area contributed by atoms with E-state index in [1.807, 2.05) is 10.6 Å². The molecule has 9 heteroatoms. The smallest absolute Gasteiger partial charge is 0.285 e. The van der Waals surface area contributed by atoms with Crippen LogP contribution in [0.25, 0.3) is 11.4 Å². The maximum atomic E-state index is 11.9. The molecule has 1 aromatic carbocycles. The highest BCUT2D eigenvalue weighted by Crippen LogP contribution is 2.30. The minimum Gasteiger partial charge on any atom is -0.300 e. The van der Waals surface area contributed by atoms with Gasteiger partial charge in [-0.1, -0.05) is 16.8 Å². The van der Waals surface area contributed by atoms with Crippen LogP contribution in [0.4, 0.5) is 0 Å². The average molecular weight is 316 g/mol. The van der Waals surface area contributed by atoms with Crippen molar-refractivity contribution in [2.24, 2.45) is 5.84 Å². The van der Waals surface area contributed by atoms with Crippen LogP contribution in [0.1, 0.15) is 21.9 Å². The van der Waals surface area contributed by atoms with Crippen molar-refractivity contribution in [1.82, 2.24) is 30.0 Å². The molecule has 8 nitrogen and oxygen atoms in total. The van der Waals surface area contributed by atoms with Gasteiger partial charge in [0.1, 0.15) is 6.33 Å². The molecule has 1 amide bonds. The first-order chi connectivity index (χ1) is 10.7. The maximum Gasteiger partial charge on any atom is 0.285 e. The van der Waals surface area contributed by atoms with Crippen molar-refractivity contribution < 1.29 is 4.79 Å². The molecule has 1 aliphatic heterocycles. The summed E-state index contributed by atoms with van der Waals surface area (Å²) < 4.78 is 3.54. The molecule has 4 rings (SSSR count). The molecular weight excluding hydrogens is 306 g/mol. The molecule has 0 saturated carbocycles. The summed E-state index contributed by atoms with van der Waals surface area (Å²) in [5.74, 6) is 4.79. The number of nitrogen functional groups attached to an aromatic ring is 1. The zero-order valence-corrected chi connectivity index (χ0v) is 11.9. The van der Waals surface area contributed by atoms with Gasteiger partial charge in [0.05, 0.1) is 29.0 Å². The molecule has 0 saturated heterocycles. The molecular formula is C13H10ClN7O. The number of nitrogens with one attached hydrogen (secondary N) is 1. The highest BCUT2D eigenvalue weighted by Gasteiger charge is 2.25. The number of hydrogen-bond acceptors (Lipinski definition) is 5. The summed E-state index contributed by atoms with van der Waals surface area (Å²) >= 11 is 6.10. The van der Waals surface area contributed by atoms with Crippen molar-refractivity contribution in [1.29, 1.82) is 0 Å². The maximum absolute atomic E-state index is 11.9. The Morgan fingerprint density at radius 1 is 1.36 bits per heavy atom. The van der Waals surface area contributed by atoms with Crippen LogP contribution in [0, 0.1) is 0 Å². The van der Waals surface area contributed by atoms with Crippen molar-refractivity contribution in [3.63, 3.8) is 0 Å². The van der Waals surface area contributed by atoms with Crippen LogP contribution in [-0.2, 0) is 6.42 Å². The van der Waals surface area contributed by atoms with Gasteiger partial charge in [-0.05, 0) is 18.2 Å². The van der Waals surface area contributed by atoms with Crippen molar-refractivity contribution in [3.05, 3.63) is 52.8 Å². The molecule has 0 atom stereocenters. The Labute approximate surface area is 129 Å². The third-order valence-corrected chi connectivity index (χ3v) is 3.84. The summed E-state index contributed by atoms with van der Waals surface area (Å²) in [6.07, 6.45) is 3.69. The fourth-order valence-corrected chi connectivity index (χ4v) is 2.80. The van der Waals surface area contributed by atoms with E-state index in [1.54, 1.807) is 29.3 Å². The molecule has 0 bridgehead atoms. The van der Waals surface area contributed by atoms with E-state index in [4.69, 9.17) is 17.4 Å². The van der Waals surface area contributed by atoms with Gasteiger partial charge in [0.2, 0.25) is 0 Å². The number of nitrogens with zero attached hydrogens (tertiary/aromatic N) is 5. The van der Waals surface area contributed by atoms with E-state index in [-0.39, 0.29) is 5.69 Å². The lowest BCUT2D eigenvalue weighted by molar-refractivity contribution is 0.0948. The molecule has 0 spiro atoms. The number of rotatable bonds is 1. The van der Waals surface area contributed by atoms with Gasteiger partial charge in [0.25, 0.3) is 5.91 Å². The van der Waals surface area contributed by atoms with Gasteiger partial charge in [-0.15, -0.1) is 5.10 Å². The molecule has 0 unspecified atom stereocenters. The number of nitrogens with two attached hydrogens (primary N) is 1. The number of benzene rings is 1. The SMILES string of the molecule is NNC(=O)c1ncn2c1Cc1cnnn1-c1cc(Cl)ccc1-2. The normalized spacial score (nSPS) is 12.1. The van der Waals surface area contributed by atoms with Crippen molar-refractivity contribution in [2.45, 2.75) is 6.42 Å². The number of halogens is 1. The first kappa shape index (κ1) is 13.0. The second-order valence-electron chi connectivity index (χ2n) is 4.83. The van der Waals surface area contributed by atoms with E-state index in [0.717, 1.165) is 17.1 Å². The van der Waals surface area contributed by atoms with Crippen LogP contribution in [-0.4, -0.2) is 30.5 Å². The van der Waals surface area contributed by atoms with Crippen LogP contribution in [0.3, 0.4) is 0 Å². The highest BCUT2D eigenvalue weighted by molar-refractivity contribution is 6.30. The van der Waals surface area contributed by atoms with Crippen molar-refractivity contribution in [3.8, 4) is 11.4 Å². The molecule has 22 heavy (non-hydrogen) atoms. The average Bonchev–Trinajstić information content (AvgIpc) is 3.12. The van der Waals surface area contributed by atoms with E-state index in [0.29, 0.717) is 17.1 Å². The number of hydrazine groups is 1. The Balaban J connectivity index is 2.04. The first-order valence-corrected chi connectivity index (χ1v) is 6.84. The van der Waals surface area contributed by atoms with E-state index < -0.39 is 5.91 Å². The molecule has 0 radical (unpaired) electrons. The third kappa shape index (κ3) is 1.74. The largest absolute Gasteiger partial charge is 0.300 e. The summed E-state index contributed by atoms with van der Waals surface area (Å²) in [6.45, 7) is 0. The quantitative estimate of drug-likeness (QED) is 0.304. The zero-order chi connectivity index (χ0) is 15.3. The van der Waals surface area contributed by atoms with E-state index in [1.165, 1.54) is 0 Å². The number of hydrogen-bond donors (Lipinski definition) is 2. The number of aromatic nitrogens is 5. The van der Waals surface area contributed by atoms with E-state index in [2.05, 4.69) is 20.7 Å². The second-order valence-corrected chi connectivity index (χ2v) is 5.27. The van der Waals surface area contributed by atoms with Crippen LogP contribution in [0.15, 0.2) is 30.7 Å². The number of imidazole rings is 1. The number of carbonyl (C=O) groups is 1. The van der Waals surface area contributed by atoms with Gasteiger partial charge in [-0.2, -0.15) is 0 Å². The lowest BCUT2D eigenvalue weighted by Gasteiger charge is -2.10. The summed E-state index contributed by atoms with van der Waals surface area (Å²) in [5.41, 5.74) is 5.52. The monoisotopic (exact) mass is 315 g/mol. The van der Waals surface area contributed by atoms with Crippen LogP contribution >= 0.6 is 11.6 Å². The Hall–Kier alpha value is -2.71. The van der Waals surface area contributed by atoms with E-state index >= 15 is 0 Å². The topological polar surface area (TPSA) is 104 Å². The van der Waals surface area contributed by atoms with Gasteiger partial charge in [0, 0.05) is 11.4 Å². The standard InChI is InChI=1S/C13H10ClN7O/c14-7-1-2-9-10(3-7)21-8(5-17-19-21)4-11-12(13(22)18-15)16-6-20(9)11/h1-3,5-6H,4,15H2,(H,18,22). The minimum absolute atomic E-state index is 0.276. The van der Waals surface area contributed by atoms with Crippen LogP contribution < -0.4 is 11.3 Å². The molecule has 3 N–H and O–H groups in total. The molecule has 110 valence electrons. The zero-order valence-electron chi connectivity index (χ0n) is 11.2. The molecule has 3 aromatic rings. The van der Waals surface area contributed by atoms with Gasteiger partial charge in [-0.25, -0.2) is 15.5 Å². The molecule has 1 aliphatic rings. The van der Waals surface area contributed by atoms with Crippen LogP contribution in [0.5, 0.6) is 0 Å². The number of carbonyl (C=O) groups excluding carboxylic acids is 1. The van der Waals surface area contributed by atoms with Gasteiger partial charge >= 0.3 is 0 Å². The molecule has 0 fully saturated rings. The highest BCUT2D eigenvalue weighted by atomic mass is 35.5. The van der Waals surface area contributed by atoms with E-state index in [9.17, 15) is 4.79 Å². The Morgan fingerprint density at radius 3 is 3.05 bits per heavy atom. The predicted molar refractivity (Wildman–Crippen MR) is 78.0 cm³/mol. The number of amides is 1. The fourth-order valence-electron chi connectivity index (χ4n) is 2.63. The van der Waals surface area contributed by atoms with Crippen molar-refractivity contribution in [2.75, 3.05) is 0 Å². The number of fused-ring (bicyclic) bond motifs is 5. The molecule has 2 aromatic heterocycles. The first-order valence-electron chi connectivity index (χ1n) is 6.46. The molecule has 3 heterocycles. The fraction of sp³-hybridized carbons (Fsp3) is 0.0769. The van der Waals surface area contributed by atoms with Crippen LogP contribution in [0.2, 0.25) is 5.02 Å². The summed E-state index contributed by atoms with van der Waals surface area (Å²) in [6, 6.07) is 5.42.